The molecule has 6 heteroatoms. The summed E-state index contributed by atoms with van der Waals surface area (Å²) >= 11 is 0. The zero-order chi connectivity index (χ0) is 12.9. The first-order valence-corrected chi connectivity index (χ1v) is 6.78. The van der Waals surface area contributed by atoms with Crippen LogP contribution in [0.25, 0.3) is 0 Å². The lowest BCUT2D eigenvalue weighted by molar-refractivity contribution is 0.138. The first-order chi connectivity index (χ1) is 8.18. The largest absolute Gasteiger partial charge is 0.544 e. The van der Waals surface area contributed by atoms with E-state index in [1.807, 2.05) is 18.2 Å². The van der Waals surface area contributed by atoms with E-state index in [1.54, 1.807) is 35.5 Å². The third-order valence-electron chi connectivity index (χ3n) is 2.54. The molecule has 0 N–H and O–H groups in total. The summed E-state index contributed by atoms with van der Waals surface area (Å²) in [6.45, 7) is 0. The molecule has 0 aliphatic heterocycles. The van der Waals surface area contributed by atoms with Crippen LogP contribution < -0.4 is 14.7 Å². The summed E-state index contributed by atoms with van der Waals surface area (Å²) in [5.74, 6) is 1.25. The fourth-order valence-corrected chi connectivity index (χ4v) is 3.80. The maximum absolute atomic E-state index is 5.44. The van der Waals surface area contributed by atoms with Crippen molar-refractivity contribution in [2.75, 3.05) is 35.5 Å². The predicted molar refractivity (Wildman–Crippen MR) is 66.0 cm³/mol. The Hall–Kier alpha value is -1.08. The lowest BCUT2D eigenvalue weighted by Crippen LogP contribution is -2.55. The number of hydrogen-bond acceptors (Lipinski definition) is 5. The van der Waals surface area contributed by atoms with Gasteiger partial charge >= 0.3 is 8.80 Å². The summed E-state index contributed by atoms with van der Waals surface area (Å²) in [5.41, 5.74) is 0. The Morgan fingerprint density at radius 1 is 0.765 bits per heavy atom. The van der Waals surface area contributed by atoms with Crippen molar-refractivity contribution in [1.29, 1.82) is 0 Å². The zero-order valence-electron chi connectivity index (χ0n) is 10.8. The molecule has 0 fully saturated rings. The molecule has 5 nitrogen and oxygen atoms in total. The minimum atomic E-state index is -2.97. The first kappa shape index (κ1) is 14.0. The Labute approximate surface area is 103 Å². The molecule has 96 valence electrons. The number of hydrogen-bond donors (Lipinski definition) is 0. The molecule has 0 saturated heterocycles. The van der Waals surface area contributed by atoms with Gasteiger partial charge in [-0.15, -0.1) is 0 Å². The Balaban J connectivity index is 3.43. The van der Waals surface area contributed by atoms with Crippen molar-refractivity contribution in [3.05, 3.63) is 18.2 Å². The van der Waals surface area contributed by atoms with Crippen LogP contribution in [0.15, 0.2) is 18.2 Å². The maximum atomic E-state index is 5.44. The van der Waals surface area contributed by atoms with Crippen LogP contribution in [0.3, 0.4) is 0 Å². The van der Waals surface area contributed by atoms with Gasteiger partial charge in [0.15, 0.2) is 0 Å². The minimum absolute atomic E-state index is 0.626. The van der Waals surface area contributed by atoms with Crippen molar-refractivity contribution in [3.8, 4) is 11.5 Å². The quantitative estimate of drug-likeness (QED) is 0.706. The van der Waals surface area contributed by atoms with E-state index >= 15 is 0 Å². The topological polar surface area (TPSA) is 46.2 Å². The second kappa shape index (κ2) is 6.01. The van der Waals surface area contributed by atoms with Gasteiger partial charge in [-0.3, -0.25) is 0 Å². The van der Waals surface area contributed by atoms with Crippen LogP contribution in [-0.4, -0.2) is 44.4 Å². The second-order valence-corrected chi connectivity index (χ2v) is 6.04. The highest BCUT2D eigenvalue weighted by Crippen LogP contribution is 2.23. The molecule has 0 aliphatic rings. The molecular formula is C11H18O5Si. The molecule has 0 radical (unpaired) electrons. The van der Waals surface area contributed by atoms with E-state index in [0.29, 0.717) is 16.7 Å². The molecule has 17 heavy (non-hydrogen) atoms. The van der Waals surface area contributed by atoms with Crippen molar-refractivity contribution in [2.45, 2.75) is 0 Å². The Morgan fingerprint density at radius 3 is 1.47 bits per heavy atom. The maximum Gasteiger partial charge on any atom is 0.544 e. The van der Waals surface area contributed by atoms with Gasteiger partial charge in [-0.25, -0.2) is 0 Å². The Morgan fingerprint density at radius 2 is 1.18 bits per heavy atom. The predicted octanol–water partition coefficient (Wildman–Crippen LogP) is 0.789. The molecule has 0 atom stereocenters. The van der Waals surface area contributed by atoms with Crippen molar-refractivity contribution < 1.29 is 22.8 Å². The van der Waals surface area contributed by atoms with Crippen molar-refractivity contribution in [3.63, 3.8) is 0 Å². The summed E-state index contributed by atoms with van der Waals surface area (Å²) in [6, 6.07) is 5.47. The van der Waals surface area contributed by atoms with Crippen LogP contribution in [0.4, 0.5) is 0 Å². The van der Waals surface area contributed by atoms with E-state index in [1.165, 1.54) is 0 Å². The van der Waals surface area contributed by atoms with Crippen LogP contribution in [0, 0.1) is 0 Å². The number of rotatable bonds is 6. The molecule has 0 heterocycles. The van der Waals surface area contributed by atoms with E-state index in [2.05, 4.69) is 0 Å². The standard InChI is InChI=1S/C11H18O5Si/c1-12-9-7-6-8-10(13-2)11(9)17(14-3,15-4)16-5/h6-8H,1-5H3. The van der Waals surface area contributed by atoms with E-state index < -0.39 is 8.80 Å². The van der Waals surface area contributed by atoms with Gasteiger partial charge in [0.1, 0.15) is 16.7 Å². The molecule has 0 bridgehead atoms. The third-order valence-corrected chi connectivity index (χ3v) is 5.26. The number of methoxy groups -OCH3 is 2. The smallest absolute Gasteiger partial charge is 0.496 e. The molecule has 0 aliphatic carbocycles. The molecule has 1 aromatic rings. The fourth-order valence-electron chi connectivity index (χ4n) is 1.71. The SMILES string of the molecule is COc1cccc(OC)c1[Si](OC)(OC)OC. The van der Waals surface area contributed by atoms with Crippen molar-refractivity contribution in [2.24, 2.45) is 0 Å². The first-order valence-electron chi connectivity index (χ1n) is 5.06. The molecule has 0 spiro atoms. The van der Waals surface area contributed by atoms with Gasteiger partial charge in [-0.1, -0.05) is 6.07 Å². The van der Waals surface area contributed by atoms with Gasteiger partial charge < -0.3 is 22.8 Å². The molecule has 0 amide bonds. The Bertz CT molecular complexity index is 334. The normalized spacial score (nSPS) is 11.4. The lowest BCUT2D eigenvalue weighted by atomic mass is 10.3. The van der Waals surface area contributed by atoms with E-state index in [-0.39, 0.29) is 0 Å². The molecule has 0 saturated carbocycles. The summed E-state index contributed by atoms with van der Waals surface area (Å²) in [7, 11) is 4.83. The molecule has 1 rings (SSSR count). The molecule has 1 aromatic carbocycles. The van der Waals surface area contributed by atoms with Crippen LogP contribution >= 0.6 is 0 Å². The minimum Gasteiger partial charge on any atom is -0.496 e. The van der Waals surface area contributed by atoms with Gasteiger partial charge in [0.05, 0.1) is 14.2 Å². The van der Waals surface area contributed by atoms with Gasteiger partial charge in [-0.2, -0.15) is 0 Å². The highest BCUT2D eigenvalue weighted by molar-refractivity contribution is 6.77. The summed E-state index contributed by atoms with van der Waals surface area (Å²) < 4.78 is 27.0. The monoisotopic (exact) mass is 258 g/mol. The highest BCUT2D eigenvalue weighted by atomic mass is 28.4. The van der Waals surface area contributed by atoms with Crippen LogP contribution in [0.1, 0.15) is 0 Å². The average molecular weight is 258 g/mol. The van der Waals surface area contributed by atoms with Gasteiger partial charge in [0.25, 0.3) is 0 Å². The number of ether oxygens (including phenoxy) is 2. The van der Waals surface area contributed by atoms with E-state index in [4.69, 9.17) is 22.8 Å². The number of benzene rings is 1. The summed E-state index contributed by atoms with van der Waals surface area (Å²) in [4.78, 5) is 0. The fraction of sp³-hybridized carbons (Fsp3) is 0.455. The van der Waals surface area contributed by atoms with Crippen molar-refractivity contribution in [1.82, 2.24) is 0 Å². The second-order valence-electron chi connectivity index (χ2n) is 3.21. The molecule has 0 unspecified atom stereocenters. The van der Waals surface area contributed by atoms with Gasteiger partial charge in [-0.05, 0) is 12.1 Å². The molecular weight excluding hydrogens is 240 g/mol. The zero-order valence-corrected chi connectivity index (χ0v) is 11.8. The van der Waals surface area contributed by atoms with Crippen LogP contribution in [0.2, 0.25) is 0 Å². The summed E-state index contributed by atoms with van der Waals surface area (Å²) in [5, 5.41) is 0.692. The third kappa shape index (κ3) is 2.44. The highest BCUT2D eigenvalue weighted by Gasteiger charge is 2.46. The average Bonchev–Trinajstić information content (AvgIpc) is 2.41. The van der Waals surface area contributed by atoms with E-state index in [0.717, 1.165) is 0 Å². The van der Waals surface area contributed by atoms with Gasteiger partial charge in [0, 0.05) is 21.3 Å². The Kier molecular flexibility index (Phi) is 4.95. The summed E-state index contributed by atoms with van der Waals surface area (Å²) in [6.07, 6.45) is 0. The van der Waals surface area contributed by atoms with Crippen molar-refractivity contribution >= 4 is 14.0 Å². The van der Waals surface area contributed by atoms with Gasteiger partial charge in [0.2, 0.25) is 0 Å². The van der Waals surface area contributed by atoms with Crippen LogP contribution in [0.5, 0.6) is 11.5 Å². The van der Waals surface area contributed by atoms with E-state index in [9.17, 15) is 0 Å². The van der Waals surface area contributed by atoms with Crippen LogP contribution in [-0.2, 0) is 13.3 Å². The molecule has 0 aromatic heterocycles. The lowest BCUT2D eigenvalue weighted by Gasteiger charge is -2.27.